The minimum absolute atomic E-state index is 0.560. The second-order valence-corrected chi connectivity index (χ2v) is 37.3. The summed E-state index contributed by atoms with van der Waals surface area (Å²) in [7, 11) is 0. The largest absolute Gasteiger partial charge is 0.456 e. The Labute approximate surface area is 857 Å². The molecular formula is C135H81N9O6. The molecule has 0 unspecified atom stereocenters. The lowest BCUT2D eigenvalue weighted by Crippen LogP contribution is -2.00. The molecule has 0 radical (unpaired) electrons. The maximum absolute atomic E-state index is 6.46. The predicted octanol–water partition coefficient (Wildman–Crippen LogP) is 36.0. The van der Waals surface area contributed by atoms with Gasteiger partial charge >= 0.3 is 0 Å². The van der Waals surface area contributed by atoms with Crippen LogP contribution in [0.4, 0.5) is 0 Å². The van der Waals surface area contributed by atoms with Crippen molar-refractivity contribution < 1.29 is 26.5 Å². The Morgan fingerprint density at radius 2 is 0.293 bits per heavy atom. The van der Waals surface area contributed by atoms with Crippen molar-refractivity contribution >= 4 is 132 Å². The minimum atomic E-state index is 0.560. The van der Waals surface area contributed by atoms with Crippen molar-refractivity contribution in [1.29, 1.82) is 0 Å². The van der Waals surface area contributed by atoms with Crippen molar-refractivity contribution in [3.63, 3.8) is 0 Å². The van der Waals surface area contributed by atoms with Crippen molar-refractivity contribution in [3.05, 3.63) is 491 Å². The molecule has 0 spiro atoms. The second kappa shape index (κ2) is 37.0. The van der Waals surface area contributed by atoms with Crippen molar-refractivity contribution in [3.8, 4) is 169 Å². The van der Waals surface area contributed by atoms with E-state index in [4.69, 9.17) is 71.4 Å². The number of aromatic nitrogens is 9. The summed E-state index contributed by atoms with van der Waals surface area (Å²) in [6.45, 7) is 0. The normalized spacial score (nSPS) is 11.6. The van der Waals surface area contributed by atoms with Gasteiger partial charge in [0.15, 0.2) is 52.4 Å². The lowest BCUT2D eigenvalue weighted by atomic mass is 9.97. The van der Waals surface area contributed by atoms with Crippen LogP contribution in [-0.4, -0.2) is 44.9 Å². The number of hydrogen-bond acceptors (Lipinski definition) is 15. The zero-order valence-electron chi connectivity index (χ0n) is 80.2. The van der Waals surface area contributed by atoms with Gasteiger partial charge in [-0.05, 0) is 194 Å². The molecule has 30 rings (SSSR count). The Morgan fingerprint density at radius 1 is 0.100 bits per heavy atom. The number of rotatable bonds is 15. The van der Waals surface area contributed by atoms with Crippen LogP contribution in [0.3, 0.4) is 0 Å². The summed E-state index contributed by atoms with van der Waals surface area (Å²) in [6, 6.07) is 167. The van der Waals surface area contributed by atoms with Crippen LogP contribution in [0.25, 0.3) is 301 Å². The standard InChI is InChI=1S/3C45H27N3O2/c1-4-13-28(14-5-1)33-20-12-22-38-41(33)35-24-23-31(26-39(35)50-38)44-46-43(30-17-8-3-9-18-30)47-45(48-44)32-25-36(29-15-6-2-7-16-29)42-34-19-10-11-21-37(34)49-40(42)27-32;1-4-12-28(13-5-1)31-20-22-34-35-23-21-32(26-40(35)50-39(34)25-31)44-46-43(30-16-8-3-9-17-30)47-45(48-44)33-24-37(29-14-6-2-7-15-29)42-36-18-10-11-19-38(36)49-41(42)27-33;1-4-10-28(11-5-1)31-16-20-35-37-22-18-33(26-41(37)49-39(35)24-31)44-46-43(30-14-8-3-9-15-30)47-45(48-44)34-19-23-38-36-21-17-32(29-12-6-2-7-13-29)25-40(36)50-42(38)27-34/h3*1-27H. The summed E-state index contributed by atoms with van der Waals surface area (Å²) in [5, 5.41) is 12.8. The van der Waals surface area contributed by atoms with Gasteiger partial charge in [-0.2, -0.15) is 0 Å². The fourth-order valence-electron chi connectivity index (χ4n) is 20.7. The van der Waals surface area contributed by atoms with Gasteiger partial charge in [0.2, 0.25) is 0 Å². The van der Waals surface area contributed by atoms with Gasteiger partial charge in [0.1, 0.15) is 67.0 Å². The summed E-state index contributed by atoms with van der Waals surface area (Å²) in [5.74, 6) is 5.16. The summed E-state index contributed by atoms with van der Waals surface area (Å²) in [6.07, 6.45) is 0. The van der Waals surface area contributed by atoms with Crippen molar-refractivity contribution in [2.75, 3.05) is 0 Å². The zero-order valence-corrected chi connectivity index (χ0v) is 80.2. The first kappa shape index (κ1) is 87.3. The van der Waals surface area contributed by atoms with Crippen molar-refractivity contribution in [2.45, 2.75) is 0 Å². The van der Waals surface area contributed by atoms with E-state index in [1.807, 2.05) is 249 Å². The molecule has 9 heterocycles. The first-order valence-electron chi connectivity index (χ1n) is 49.8. The van der Waals surface area contributed by atoms with E-state index in [0.717, 1.165) is 248 Å². The van der Waals surface area contributed by atoms with Crippen LogP contribution in [0.15, 0.2) is 518 Å². The Balaban J connectivity index is 0.000000108. The fraction of sp³-hybridized carbons (Fsp3) is 0. The fourth-order valence-corrected chi connectivity index (χ4v) is 20.7. The van der Waals surface area contributed by atoms with Gasteiger partial charge in [-0.15, -0.1) is 0 Å². The highest BCUT2D eigenvalue weighted by atomic mass is 16.3. The topological polar surface area (TPSA) is 195 Å². The molecule has 15 nitrogen and oxygen atoms in total. The molecule has 0 atom stereocenters. The lowest BCUT2D eigenvalue weighted by Gasteiger charge is -2.11. The smallest absolute Gasteiger partial charge is 0.164 e. The molecule has 0 fully saturated rings. The Hall–Kier alpha value is -20.5. The Morgan fingerprint density at radius 3 is 0.600 bits per heavy atom. The van der Waals surface area contributed by atoms with E-state index in [0.29, 0.717) is 52.4 Å². The first-order valence-corrected chi connectivity index (χ1v) is 49.8. The molecule has 0 amide bonds. The summed E-state index contributed by atoms with van der Waals surface area (Å²) >= 11 is 0. The van der Waals surface area contributed by atoms with Crippen LogP contribution in [0, 0.1) is 0 Å². The van der Waals surface area contributed by atoms with Crippen LogP contribution in [-0.2, 0) is 0 Å². The summed E-state index contributed by atoms with van der Waals surface area (Å²) in [5.41, 5.74) is 30.9. The van der Waals surface area contributed by atoms with Gasteiger partial charge in [0.25, 0.3) is 0 Å². The molecule has 21 aromatic carbocycles. The molecule has 150 heavy (non-hydrogen) atoms. The molecule has 0 aliphatic heterocycles. The molecule has 0 N–H and O–H groups in total. The highest BCUT2D eigenvalue weighted by Gasteiger charge is 2.26. The third-order valence-electron chi connectivity index (χ3n) is 28.0. The Kier molecular flexibility index (Phi) is 21.5. The number of para-hydroxylation sites is 2. The first-order chi connectivity index (χ1) is 74.2. The van der Waals surface area contributed by atoms with Gasteiger partial charge in [-0.1, -0.05) is 364 Å². The minimum Gasteiger partial charge on any atom is -0.456 e. The molecule has 15 heteroatoms. The second-order valence-electron chi connectivity index (χ2n) is 37.3. The van der Waals surface area contributed by atoms with Gasteiger partial charge in [-0.3, -0.25) is 0 Å². The molecule has 0 saturated carbocycles. The lowest BCUT2D eigenvalue weighted by molar-refractivity contribution is 0.668. The highest BCUT2D eigenvalue weighted by molar-refractivity contribution is 6.17. The highest BCUT2D eigenvalue weighted by Crippen LogP contribution is 2.47. The van der Waals surface area contributed by atoms with Crippen LogP contribution in [0.2, 0.25) is 0 Å². The molecule has 0 saturated heterocycles. The van der Waals surface area contributed by atoms with Crippen LogP contribution in [0.5, 0.6) is 0 Å². The Bertz CT molecular complexity index is 10300. The van der Waals surface area contributed by atoms with Gasteiger partial charge < -0.3 is 26.5 Å². The average Bonchev–Trinajstić information content (AvgIpc) is 1.32. The molecule has 0 aliphatic rings. The van der Waals surface area contributed by atoms with E-state index in [2.05, 4.69) is 243 Å². The summed E-state index contributed by atoms with van der Waals surface area (Å²) in [4.78, 5) is 45.3. The van der Waals surface area contributed by atoms with E-state index in [1.54, 1.807) is 0 Å². The van der Waals surface area contributed by atoms with Crippen LogP contribution in [0.1, 0.15) is 0 Å². The SMILES string of the molecule is c1ccc(-c2ccc3c(c2)oc2cc(-c4nc(-c5ccccc5)nc(-c5cc(-c6ccccc6)c6c(c5)oc5ccccc56)n4)ccc23)cc1.c1ccc(-c2ccc3c(c2)oc2cc(-c4nc(-c5ccccc5)nc(-c5ccc6c(c5)oc5cc(-c7ccccc7)ccc56)n4)ccc23)cc1.c1ccc(-c2nc(-c3ccc4c(c3)oc3cccc(-c5ccccc5)c34)nc(-c3cc(-c4ccccc4)c4c(c3)oc3ccccc34)n2)cc1. The van der Waals surface area contributed by atoms with E-state index >= 15 is 0 Å². The van der Waals surface area contributed by atoms with Crippen molar-refractivity contribution in [2.24, 2.45) is 0 Å². The number of benzene rings is 21. The summed E-state index contributed by atoms with van der Waals surface area (Å²) < 4.78 is 38.7. The maximum atomic E-state index is 6.46. The molecule has 30 aromatic rings. The molecule has 0 bridgehead atoms. The third-order valence-corrected chi connectivity index (χ3v) is 28.0. The number of furan rings is 6. The third kappa shape index (κ3) is 16.2. The van der Waals surface area contributed by atoms with E-state index < -0.39 is 0 Å². The van der Waals surface area contributed by atoms with Gasteiger partial charge in [0.05, 0.1) is 0 Å². The quantitative estimate of drug-likeness (QED) is 0.0939. The van der Waals surface area contributed by atoms with Crippen molar-refractivity contribution in [1.82, 2.24) is 44.9 Å². The number of fused-ring (bicyclic) bond motifs is 18. The predicted molar refractivity (Wildman–Crippen MR) is 605 cm³/mol. The zero-order chi connectivity index (χ0) is 99.1. The van der Waals surface area contributed by atoms with E-state index in [9.17, 15) is 0 Å². The van der Waals surface area contributed by atoms with Gasteiger partial charge in [0, 0.05) is 115 Å². The molecular weight excluding hydrogens is 1840 g/mol. The van der Waals surface area contributed by atoms with Crippen LogP contribution < -0.4 is 0 Å². The van der Waals surface area contributed by atoms with E-state index in [-0.39, 0.29) is 0 Å². The van der Waals surface area contributed by atoms with E-state index in [1.165, 1.54) is 0 Å². The van der Waals surface area contributed by atoms with Gasteiger partial charge in [-0.25, -0.2) is 44.9 Å². The number of nitrogens with zero attached hydrogens (tertiary/aromatic N) is 9. The maximum Gasteiger partial charge on any atom is 0.164 e. The average molecular weight is 1930 g/mol. The monoisotopic (exact) mass is 1920 g/mol. The van der Waals surface area contributed by atoms with Crippen LogP contribution >= 0.6 is 0 Å². The molecule has 9 aromatic heterocycles. The number of hydrogen-bond donors (Lipinski definition) is 0. The molecule has 0 aliphatic carbocycles. The molecule has 702 valence electrons.